The third-order valence-electron chi connectivity index (χ3n) is 3.58. The lowest BCUT2D eigenvalue weighted by Gasteiger charge is -2.13. The van der Waals surface area contributed by atoms with Crippen LogP contribution in [0.25, 0.3) is 10.9 Å². The normalized spacial score (nSPS) is 18.6. The van der Waals surface area contributed by atoms with E-state index in [9.17, 15) is 18.5 Å². The number of pyridine rings is 1. The SMILES string of the molecule is O=[N+]([O-])c1ccc(S(=O)(=O)NC2CCNC2)c2ncccc12. The van der Waals surface area contributed by atoms with Crippen molar-refractivity contribution in [1.29, 1.82) is 0 Å². The van der Waals surface area contributed by atoms with Crippen LogP contribution in [0.2, 0.25) is 0 Å². The van der Waals surface area contributed by atoms with E-state index in [1.165, 1.54) is 24.4 Å². The number of nitro groups is 1. The largest absolute Gasteiger partial charge is 0.315 e. The van der Waals surface area contributed by atoms with Crippen molar-refractivity contribution in [2.75, 3.05) is 13.1 Å². The first-order valence-electron chi connectivity index (χ1n) is 6.74. The van der Waals surface area contributed by atoms with Crippen molar-refractivity contribution >= 4 is 26.6 Å². The Morgan fingerprint density at radius 3 is 2.86 bits per heavy atom. The van der Waals surface area contributed by atoms with E-state index in [4.69, 9.17) is 0 Å². The van der Waals surface area contributed by atoms with Crippen LogP contribution in [-0.4, -0.2) is 37.5 Å². The maximum atomic E-state index is 12.5. The van der Waals surface area contributed by atoms with Crippen LogP contribution < -0.4 is 10.0 Å². The molecule has 1 aromatic heterocycles. The van der Waals surface area contributed by atoms with Crippen molar-refractivity contribution in [1.82, 2.24) is 15.0 Å². The number of aromatic nitrogens is 1. The molecule has 2 aromatic rings. The highest BCUT2D eigenvalue weighted by Crippen LogP contribution is 2.29. The third kappa shape index (κ3) is 2.65. The summed E-state index contributed by atoms with van der Waals surface area (Å²) < 4.78 is 27.7. The van der Waals surface area contributed by atoms with Crippen LogP contribution in [0.1, 0.15) is 6.42 Å². The molecule has 1 aliphatic heterocycles. The number of nitrogens with one attached hydrogen (secondary N) is 2. The zero-order valence-electron chi connectivity index (χ0n) is 11.5. The maximum Gasteiger partial charge on any atom is 0.278 e. The molecule has 1 aliphatic rings. The quantitative estimate of drug-likeness (QED) is 0.635. The summed E-state index contributed by atoms with van der Waals surface area (Å²) in [6, 6.07) is 5.29. The minimum Gasteiger partial charge on any atom is -0.315 e. The molecule has 1 atom stereocenters. The molecule has 22 heavy (non-hydrogen) atoms. The Bertz CT molecular complexity index is 831. The lowest BCUT2D eigenvalue weighted by molar-refractivity contribution is -0.383. The Morgan fingerprint density at radius 1 is 1.36 bits per heavy atom. The van der Waals surface area contributed by atoms with Crippen LogP contribution in [0.5, 0.6) is 0 Å². The molecule has 0 saturated carbocycles. The predicted octanol–water partition coefficient (Wildman–Crippen LogP) is 0.783. The van der Waals surface area contributed by atoms with Gasteiger partial charge >= 0.3 is 0 Å². The molecule has 9 heteroatoms. The second kappa shape index (κ2) is 5.59. The van der Waals surface area contributed by atoms with Gasteiger partial charge in [0, 0.05) is 24.8 Å². The molecule has 0 amide bonds. The Labute approximate surface area is 126 Å². The average Bonchev–Trinajstić information content (AvgIpc) is 2.98. The molecular weight excluding hydrogens is 308 g/mol. The number of hydrogen-bond acceptors (Lipinski definition) is 6. The van der Waals surface area contributed by atoms with Gasteiger partial charge in [0.25, 0.3) is 5.69 Å². The van der Waals surface area contributed by atoms with Gasteiger partial charge < -0.3 is 5.32 Å². The van der Waals surface area contributed by atoms with Gasteiger partial charge in [-0.3, -0.25) is 15.1 Å². The first-order chi connectivity index (χ1) is 10.5. The van der Waals surface area contributed by atoms with E-state index in [0.29, 0.717) is 13.0 Å². The van der Waals surface area contributed by atoms with E-state index in [2.05, 4.69) is 15.0 Å². The molecule has 0 aliphatic carbocycles. The average molecular weight is 322 g/mol. The molecule has 1 fully saturated rings. The molecule has 8 nitrogen and oxygen atoms in total. The van der Waals surface area contributed by atoms with E-state index >= 15 is 0 Å². The third-order valence-corrected chi connectivity index (χ3v) is 5.13. The summed E-state index contributed by atoms with van der Waals surface area (Å²) in [4.78, 5) is 14.5. The fourth-order valence-corrected chi connectivity index (χ4v) is 3.98. The summed E-state index contributed by atoms with van der Waals surface area (Å²) in [5.74, 6) is 0. The van der Waals surface area contributed by atoms with Gasteiger partial charge in [-0.15, -0.1) is 0 Å². The van der Waals surface area contributed by atoms with Crippen molar-refractivity contribution in [3.63, 3.8) is 0 Å². The lowest BCUT2D eigenvalue weighted by atomic mass is 10.2. The zero-order valence-corrected chi connectivity index (χ0v) is 12.3. The van der Waals surface area contributed by atoms with E-state index in [0.717, 1.165) is 6.54 Å². The maximum absolute atomic E-state index is 12.5. The van der Waals surface area contributed by atoms with Crippen molar-refractivity contribution in [3.05, 3.63) is 40.6 Å². The van der Waals surface area contributed by atoms with Crippen LogP contribution in [0.15, 0.2) is 35.4 Å². The molecular formula is C13H14N4O4S. The fourth-order valence-electron chi connectivity index (χ4n) is 2.55. The van der Waals surface area contributed by atoms with E-state index in [1.54, 1.807) is 6.07 Å². The summed E-state index contributed by atoms with van der Waals surface area (Å²) in [6.45, 7) is 1.32. The monoisotopic (exact) mass is 322 g/mol. The minimum atomic E-state index is -3.79. The highest BCUT2D eigenvalue weighted by Gasteiger charge is 2.26. The summed E-state index contributed by atoms with van der Waals surface area (Å²) in [5, 5.41) is 14.3. The summed E-state index contributed by atoms with van der Waals surface area (Å²) >= 11 is 0. The van der Waals surface area contributed by atoms with Crippen molar-refractivity contribution in [2.24, 2.45) is 0 Å². The van der Waals surface area contributed by atoms with Crippen molar-refractivity contribution in [3.8, 4) is 0 Å². The Morgan fingerprint density at radius 2 is 2.18 bits per heavy atom. The van der Waals surface area contributed by atoms with Crippen LogP contribution in [-0.2, 0) is 10.0 Å². The second-order valence-electron chi connectivity index (χ2n) is 5.05. The fraction of sp³-hybridized carbons (Fsp3) is 0.308. The van der Waals surface area contributed by atoms with Crippen LogP contribution in [0, 0.1) is 10.1 Å². The topological polar surface area (TPSA) is 114 Å². The Kier molecular flexibility index (Phi) is 3.77. The van der Waals surface area contributed by atoms with Crippen LogP contribution in [0.3, 0.4) is 0 Å². The van der Waals surface area contributed by atoms with Gasteiger partial charge in [0.2, 0.25) is 10.0 Å². The number of nitrogens with zero attached hydrogens (tertiary/aromatic N) is 2. The smallest absolute Gasteiger partial charge is 0.278 e. The zero-order chi connectivity index (χ0) is 15.7. The summed E-state index contributed by atoms with van der Waals surface area (Å²) in [6.07, 6.45) is 2.12. The summed E-state index contributed by atoms with van der Waals surface area (Å²) in [7, 11) is -3.79. The van der Waals surface area contributed by atoms with E-state index < -0.39 is 14.9 Å². The predicted molar refractivity (Wildman–Crippen MR) is 80.0 cm³/mol. The standard InChI is InChI=1S/C13H14N4O4S/c18-17(19)11-3-4-12(13-10(11)2-1-6-15-13)22(20,21)16-9-5-7-14-8-9/h1-4,6,9,14,16H,5,7-8H2. The van der Waals surface area contributed by atoms with Crippen LogP contribution in [0.4, 0.5) is 5.69 Å². The molecule has 116 valence electrons. The summed E-state index contributed by atoms with van der Waals surface area (Å²) in [5.41, 5.74) is -0.0558. The second-order valence-corrected chi connectivity index (χ2v) is 6.73. The molecule has 2 N–H and O–H groups in total. The number of rotatable bonds is 4. The van der Waals surface area contributed by atoms with Gasteiger partial charge in [-0.2, -0.15) is 0 Å². The number of fused-ring (bicyclic) bond motifs is 1. The van der Waals surface area contributed by atoms with Gasteiger partial charge in [-0.05, 0) is 31.2 Å². The molecule has 0 spiro atoms. The van der Waals surface area contributed by atoms with E-state index in [-0.39, 0.29) is 27.5 Å². The van der Waals surface area contributed by atoms with Gasteiger partial charge in [0.05, 0.1) is 15.8 Å². The highest BCUT2D eigenvalue weighted by molar-refractivity contribution is 7.89. The van der Waals surface area contributed by atoms with Crippen molar-refractivity contribution in [2.45, 2.75) is 17.4 Å². The lowest BCUT2D eigenvalue weighted by Crippen LogP contribution is -2.36. The van der Waals surface area contributed by atoms with E-state index in [1.807, 2.05) is 0 Å². The van der Waals surface area contributed by atoms with Gasteiger partial charge in [-0.25, -0.2) is 13.1 Å². The molecule has 2 heterocycles. The first kappa shape index (κ1) is 14.8. The van der Waals surface area contributed by atoms with Crippen LogP contribution >= 0.6 is 0 Å². The minimum absolute atomic E-state index is 0.0411. The number of benzene rings is 1. The van der Waals surface area contributed by atoms with Gasteiger partial charge in [-0.1, -0.05) is 0 Å². The molecule has 0 radical (unpaired) electrons. The molecule has 1 saturated heterocycles. The van der Waals surface area contributed by atoms with Crippen molar-refractivity contribution < 1.29 is 13.3 Å². The Hall–Kier alpha value is -2.10. The highest BCUT2D eigenvalue weighted by atomic mass is 32.2. The number of sulfonamides is 1. The first-order valence-corrected chi connectivity index (χ1v) is 8.22. The number of non-ortho nitro benzene ring substituents is 1. The number of hydrogen-bond donors (Lipinski definition) is 2. The van der Waals surface area contributed by atoms with Gasteiger partial charge in [0.1, 0.15) is 4.90 Å². The number of nitro benzene ring substituents is 1. The molecule has 1 unspecified atom stereocenters. The Balaban J connectivity index is 2.11. The van der Waals surface area contributed by atoms with Gasteiger partial charge in [0.15, 0.2) is 0 Å². The molecule has 0 bridgehead atoms. The molecule has 1 aromatic carbocycles. The molecule has 3 rings (SSSR count).